The first-order valence-corrected chi connectivity index (χ1v) is 7.01. The molecule has 2 aromatic rings. The Kier molecular flexibility index (Phi) is 5.06. The van der Waals surface area contributed by atoms with Crippen LogP contribution in [-0.4, -0.2) is 18.8 Å². The summed E-state index contributed by atoms with van der Waals surface area (Å²) in [5, 5.41) is 12.1. The Labute approximate surface area is 128 Å². The van der Waals surface area contributed by atoms with Crippen LogP contribution in [0.4, 0.5) is 0 Å². The first-order valence-electron chi connectivity index (χ1n) is 6.26. The molecule has 2 rings (SSSR count). The lowest BCUT2D eigenvalue weighted by Gasteiger charge is -2.28. The highest BCUT2D eigenvalue weighted by molar-refractivity contribution is 6.33. The lowest BCUT2D eigenvalue weighted by Crippen LogP contribution is -2.33. The number of aliphatic hydroxyl groups is 1. The van der Waals surface area contributed by atoms with Gasteiger partial charge in [-0.05, 0) is 29.3 Å². The molecule has 0 bridgehead atoms. The SMILES string of the molecule is COCC(O)(Cc1cc(Cl)ccc1Cl)c1ccccc1. The van der Waals surface area contributed by atoms with Crippen molar-refractivity contribution in [2.24, 2.45) is 0 Å². The van der Waals surface area contributed by atoms with Crippen molar-refractivity contribution in [3.63, 3.8) is 0 Å². The van der Waals surface area contributed by atoms with Crippen LogP contribution in [0.1, 0.15) is 11.1 Å². The summed E-state index contributed by atoms with van der Waals surface area (Å²) >= 11 is 12.2. The minimum absolute atomic E-state index is 0.180. The molecule has 0 saturated heterocycles. The number of rotatable bonds is 5. The van der Waals surface area contributed by atoms with Gasteiger partial charge in [0.2, 0.25) is 0 Å². The molecule has 0 saturated carbocycles. The predicted octanol–water partition coefficient (Wildman–Crippen LogP) is 4.07. The Bertz CT molecular complexity index is 572. The van der Waals surface area contributed by atoms with Crippen LogP contribution in [0.25, 0.3) is 0 Å². The summed E-state index contributed by atoms with van der Waals surface area (Å²) in [5.41, 5.74) is 0.449. The molecule has 1 N–H and O–H groups in total. The van der Waals surface area contributed by atoms with Gasteiger partial charge in [0.1, 0.15) is 5.60 Å². The van der Waals surface area contributed by atoms with Crippen molar-refractivity contribution in [3.05, 3.63) is 69.7 Å². The molecule has 1 unspecified atom stereocenters. The Balaban J connectivity index is 2.36. The number of halogens is 2. The maximum Gasteiger partial charge on any atom is 0.117 e. The summed E-state index contributed by atoms with van der Waals surface area (Å²) in [4.78, 5) is 0. The molecule has 0 amide bonds. The van der Waals surface area contributed by atoms with Crippen molar-refractivity contribution in [2.75, 3.05) is 13.7 Å². The molecule has 0 spiro atoms. The van der Waals surface area contributed by atoms with Crippen LogP contribution < -0.4 is 0 Å². The maximum atomic E-state index is 10.9. The first kappa shape index (κ1) is 15.3. The van der Waals surface area contributed by atoms with E-state index in [1.807, 2.05) is 30.3 Å². The quantitative estimate of drug-likeness (QED) is 0.902. The van der Waals surface area contributed by atoms with Crippen LogP contribution in [0, 0.1) is 0 Å². The normalized spacial score (nSPS) is 14.0. The van der Waals surface area contributed by atoms with E-state index in [1.54, 1.807) is 25.3 Å². The number of hydrogen-bond acceptors (Lipinski definition) is 2. The molecule has 0 heterocycles. The van der Waals surface area contributed by atoms with Crippen LogP contribution in [0.15, 0.2) is 48.5 Å². The smallest absolute Gasteiger partial charge is 0.117 e. The fraction of sp³-hybridized carbons (Fsp3) is 0.250. The van der Waals surface area contributed by atoms with Crippen LogP contribution in [-0.2, 0) is 16.8 Å². The first-order chi connectivity index (χ1) is 9.55. The maximum absolute atomic E-state index is 10.9. The van der Waals surface area contributed by atoms with Gasteiger partial charge >= 0.3 is 0 Å². The van der Waals surface area contributed by atoms with Crippen molar-refractivity contribution in [1.29, 1.82) is 0 Å². The van der Waals surface area contributed by atoms with E-state index >= 15 is 0 Å². The average Bonchev–Trinajstić information content (AvgIpc) is 2.44. The summed E-state index contributed by atoms with van der Waals surface area (Å²) in [6.45, 7) is 0.180. The number of methoxy groups -OCH3 is 1. The third-order valence-electron chi connectivity index (χ3n) is 3.18. The molecule has 0 aliphatic heterocycles. The van der Waals surface area contributed by atoms with Crippen LogP contribution in [0.5, 0.6) is 0 Å². The fourth-order valence-corrected chi connectivity index (χ4v) is 2.60. The molecule has 0 fully saturated rings. The minimum Gasteiger partial charge on any atom is -0.382 e. The molecular weight excluding hydrogens is 295 g/mol. The second kappa shape index (κ2) is 6.59. The highest BCUT2D eigenvalue weighted by atomic mass is 35.5. The van der Waals surface area contributed by atoms with Crippen molar-refractivity contribution < 1.29 is 9.84 Å². The average molecular weight is 311 g/mol. The van der Waals surface area contributed by atoms with Gasteiger partial charge in [0.15, 0.2) is 0 Å². The number of benzene rings is 2. The Hall–Kier alpha value is -1.06. The van der Waals surface area contributed by atoms with E-state index in [4.69, 9.17) is 27.9 Å². The molecule has 0 aliphatic rings. The van der Waals surface area contributed by atoms with E-state index in [1.165, 1.54) is 0 Å². The summed E-state index contributed by atoms with van der Waals surface area (Å²) < 4.78 is 5.18. The summed E-state index contributed by atoms with van der Waals surface area (Å²) in [6.07, 6.45) is 0.338. The van der Waals surface area contributed by atoms with Gasteiger partial charge in [-0.1, -0.05) is 53.5 Å². The zero-order valence-corrected chi connectivity index (χ0v) is 12.7. The molecule has 1 atom stereocenters. The van der Waals surface area contributed by atoms with Gasteiger partial charge in [0, 0.05) is 23.6 Å². The second-order valence-corrected chi connectivity index (χ2v) is 5.59. The molecule has 2 nitrogen and oxygen atoms in total. The predicted molar refractivity (Wildman–Crippen MR) is 82.4 cm³/mol. The van der Waals surface area contributed by atoms with Gasteiger partial charge in [-0.25, -0.2) is 0 Å². The Morgan fingerprint density at radius 3 is 2.45 bits per heavy atom. The summed E-state index contributed by atoms with van der Waals surface area (Å²) in [7, 11) is 1.56. The third kappa shape index (κ3) is 3.53. The molecule has 2 aromatic carbocycles. The Morgan fingerprint density at radius 1 is 1.10 bits per heavy atom. The van der Waals surface area contributed by atoms with Gasteiger partial charge in [-0.2, -0.15) is 0 Å². The highest BCUT2D eigenvalue weighted by Crippen LogP contribution is 2.30. The summed E-state index contributed by atoms with van der Waals surface area (Å²) in [6, 6.07) is 14.7. The minimum atomic E-state index is -1.13. The van der Waals surface area contributed by atoms with E-state index in [9.17, 15) is 5.11 Å². The molecule has 0 aliphatic carbocycles. The van der Waals surface area contributed by atoms with Crippen molar-refractivity contribution in [1.82, 2.24) is 0 Å². The molecule has 20 heavy (non-hydrogen) atoms. The van der Waals surface area contributed by atoms with Gasteiger partial charge in [-0.15, -0.1) is 0 Å². The molecule has 0 radical (unpaired) electrons. The van der Waals surface area contributed by atoms with E-state index < -0.39 is 5.60 Å². The highest BCUT2D eigenvalue weighted by Gasteiger charge is 2.30. The fourth-order valence-electron chi connectivity index (χ4n) is 2.22. The molecule has 106 valence electrons. The standard InChI is InChI=1S/C16H16Cl2O2/c1-20-11-16(19,13-5-3-2-4-6-13)10-12-9-14(17)7-8-15(12)18/h2-9,19H,10-11H2,1H3. The lowest BCUT2D eigenvalue weighted by atomic mass is 9.88. The largest absolute Gasteiger partial charge is 0.382 e. The van der Waals surface area contributed by atoms with Gasteiger partial charge in [-0.3, -0.25) is 0 Å². The number of ether oxygens (including phenoxy) is 1. The van der Waals surface area contributed by atoms with E-state index in [0.717, 1.165) is 11.1 Å². The van der Waals surface area contributed by atoms with Gasteiger partial charge in [0.25, 0.3) is 0 Å². The van der Waals surface area contributed by atoms with Crippen molar-refractivity contribution in [3.8, 4) is 0 Å². The second-order valence-electron chi connectivity index (χ2n) is 4.74. The lowest BCUT2D eigenvalue weighted by molar-refractivity contribution is -0.0355. The van der Waals surface area contributed by atoms with E-state index in [-0.39, 0.29) is 6.61 Å². The zero-order valence-electron chi connectivity index (χ0n) is 11.1. The topological polar surface area (TPSA) is 29.5 Å². The third-order valence-corrected chi connectivity index (χ3v) is 3.79. The van der Waals surface area contributed by atoms with Crippen molar-refractivity contribution >= 4 is 23.2 Å². The van der Waals surface area contributed by atoms with Crippen molar-refractivity contribution in [2.45, 2.75) is 12.0 Å². The Morgan fingerprint density at radius 2 is 1.80 bits per heavy atom. The van der Waals surface area contributed by atoms with Crippen LogP contribution >= 0.6 is 23.2 Å². The van der Waals surface area contributed by atoms with E-state index in [0.29, 0.717) is 16.5 Å². The van der Waals surface area contributed by atoms with Crippen LogP contribution in [0.3, 0.4) is 0 Å². The van der Waals surface area contributed by atoms with Gasteiger partial charge in [0.05, 0.1) is 6.61 Å². The van der Waals surface area contributed by atoms with Gasteiger partial charge < -0.3 is 9.84 Å². The molecular formula is C16H16Cl2O2. The zero-order chi connectivity index (χ0) is 14.6. The number of hydrogen-bond donors (Lipinski definition) is 1. The molecule has 0 aromatic heterocycles. The molecule has 4 heteroatoms. The summed E-state index contributed by atoms with van der Waals surface area (Å²) in [5.74, 6) is 0. The van der Waals surface area contributed by atoms with Crippen LogP contribution in [0.2, 0.25) is 10.0 Å². The van der Waals surface area contributed by atoms with E-state index in [2.05, 4.69) is 0 Å². The monoisotopic (exact) mass is 310 g/mol.